The molecule has 0 amide bonds. The maximum absolute atomic E-state index is 5.97. The number of aromatic nitrogens is 3. The molecular formula is C13H14Cl2N6. The zero-order chi connectivity index (χ0) is 14.8. The summed E-state index contributed by atoms with van der Waals surface area (Å²) in [5, 5.41) is 4.12. The molecule has 1 aliphatic rings. The van der Waals surface area contributed by atoms with Gasteiger partial charge in [0.2, 0.25) is 17.8 Å². The van der Waals surface area contributed by atoms with Crippen LogP contribution < -0.4 is 16.0 Å². The molecule has 0 bridgehead atoms. The summed E-state index contributed by atoms with van der Waals surface area (Å²) in [6, 6.07) is 5.14. The summed E-state index contributed by atoms with van der Waals surface area (Å²) < 4.78 is 0. The highest BCUT2D eigenvalue weighted by atomic mass is 35.5. The summed E-state index contributed by atoms with van der Waals surface area (Å²) in [5.74, 6) is 1.15. The molecule has 3 rings (SSSR count). The van der Waals surface area contributed by atoms with E-state index < -0.39 is 0 Å². The minimum Gasteiger partial charge on any atom is -0.368 e. The van der Waals surface area contributed by atoms with Gasteiger partial charge in [0.1, 0.15) is 0 Å². The lowest BCUT2D eigenvalue weighted by Crippen LogP contribution is -2.21. The van der Waals surface area contributed by atoms with Crippen LogP contribution in [0.15, 0.2) is 18.2 Å². The molecule has 2 aromatic rings. The quantitative estimate of drug-likeness (QED) is 0.903. The Balaban J connectivity index is 1.87. The highest BCUT2D eigenvalue weighted by Gasteiger charge is 2.16. The van der Waals surface area contributed by atoms with E-state index in [9.17, 15) is 0 Å². The van der Waals surface area contributed by atoms with Crippen LogP contribution in [0.5, 0.6) is 0 Å². The Morgan fingerprint density at radius 2 is 1.67 bits per heavy atom. The molecule has 110 valence electrons. The molecule has 1 aromatic carbocycles. The molecule has 0 spiro atoms. The van der Waals surface area contributed by atoms with E-state index in [1.165, 1.54) is 0 Å². The second kappa shape index (κ2) is 5.91. The molecule has 0 saturated carbocycles. The Labute approximate surface area is 132 Å². The van der Waals surface area contributed by atoms with E-state index in [0.717, 1.165) is 25.9 Å². The number of hydrogen-bond donors (Lipinski definition) is 2. The Bertz CT molecular complexity index is 637. The van der Waals surface area contributed by atoms with E-state index in [1.807, 2.05) is 0 Å². The van der Waals surface area contributed by atoms with E-state index in [0.29, 0.717) is 27.6 Å². The summed E-state index contributed by atoms with van der Waals surface area (Å²) in [7, 11) is 0. The van der Waals surface area contributed by atoms with Crippen molar-refractivity contribution in [3.63, 3.8) is 0 Å². The number of rotatable bonds is 3. The van der Waals surface area contributed by atoms with Crippen molar-refractivity contribution in [1.82, 2.24) is 15.0 Å². The van der Waals surface area contributed by atoms with Gasteiger partial charge in [-0.1, -0.05) is 23.2 Å². The van der Waals surface area contributed by atoms with Gasteiger partial charge in [0, 0.05) is 28.8 Å². The molecule has 3 N–H and O–H groups in total. The normalized spacial score (nSPS) is 14.5. The van der Waals surface area contributed by atoms with Gasteiger partial charge in [0.05, 0.1) is 0 Å². The zero-order valence-corrected chi connectivity index (χ0v) is 12.7. The summed E-state index contributed by atoms with van der Waals surface area (Å²) in [6.45, 7) is 1.87. The molecule has 1 fully saturated rings. The third kappa shape index (κ3) is 3.46. The Hall–Kier alpha value is -1.79. The molecular weight excluding hydrogens is 311 g/mol. The van der Waals surface area contributed by atoms with Crippen LogP contribution in [-0.2, 0) is 0 Å². The summed E-state index contributed by atoms with van der Waals surface area (Å²) in [6.07, 6.45) is 2.27. The molecule has 21 heavy (non-hydrogen) atoms. The molecule has 0 radical (unpaired) electrons. The first-order chi connectivity index (χ1) is 10.1. The third-order valence-corrected chi connectivity index (χ3v) is 3.58. The smallest absolute Gasteiger partial charge is 0.233 e. The Morgan fingerprint density at radius 3 is 2.33 bits per heavy atom. The fourth-order valence-electron chi connectivity index (χ4n) is 2.25. The molecule has 1 saturated heterocycles. The topological polar surface area (TPSA) is 80.0 Å². The summed E-state index contributed by atoms with van der Waals surface area (Å²) >= 11 is 11.9. The zero-order valence-electron chi connectivity index (χ0n) is 11.2. The van der Waals surface area contributed by atoms with Gasteiger partial charge in [-0.05, 0) is 31.0 Å². The van der Waals surface area contributed by atoms with Crippen LogP contribution in [0.3, 0.4) is 0 Å². The lowest BCUT2D eigenvalue weighted by Gasteiger charge is -2.16. The van der Waals surface area contributed by atoms with Gasteiger partial charge in [-0.15, -0.1) is 0 Å². The average Bonchev–Trinajstić information content (AvgIpc) is 2.90. The van der Waals surface area contributed by atoms with Crippen LogP contribution in [0.2, 0.25) is 10.0 Å². The second-order valence-electron chi connectivity index (χ2n) is 4.79. The molecule has 8 heteroatoms. The fraction of sp³-hybridized carbons (Fsp3) is 0.308. The first-order valence-corrected chi connectivity index (χ1v) is 7.35. The number of nitrogens with zero attached hydrogens (tertiary/aromatic N) is 4. The van der Waals surface area contributed by atoms with Crippen molar-refractivity contribution >= 4 is 46.7 Å². The van der Waals surface area contributed by atoms with E-state index in [4.69, 9.17) is 28.9 Å². The van der Waals surface area contributed by atoms with Crippen LogP contribution in [0.1, 0.15) is 12.8 Å². The molecule has 0 atom stereocenters. The number of nitrogens with one attached hydrogen (secondary N) is 1. The first-order valence-electron chi connectivity index (χ1n) is 6.60. The van der Waals surface area contributed by atoms with Crippen molar-refractivity contribution in [3.05, 3.63) is 28.2 Å². The van der Waals surface area contributed by atoms with Crippen molar-refractivity contribution < 1.29 is 0 Å². The highest BCUT2D eigenvalue weighted by Crippen LogP contribution is 2.25. The van der Waals surface area contributed by atoms with E-state index in [2.05, 4.69) is 25.2 Å². The molecule has 0 unspecified atom stereocenters. The van der Waals surface area contributed by atoms with Crippen molar-refractivity contribution in [2.45, 2.75) is 12.8 Å². The van der Waals surface area contributed by atoms with E-state index >= 15 is 0 Å². The summed E-state index contributed by atoms with van der Waals surface area (Å²) in [4.78, 5) is 14.8. The summed E-state index contributed by atoms with van der Waals surface area (Å²) in [5.41, 5.74) is 6.46. The largest absolute Gasteiger partial charge is 0.368 e. The van der Waals surface area contributed by atoms with Gasteiger partial charge in [-0.2, -0.15) is 15.0 Å². The lowest BCUT2D eigenvalue weighted by molar-refractivity contribution is 0.887. The van der Waals surface area contributed by atoms with Crippen molar-refractivity contribution in [1.29, 1.82) is 0 Å². The van der Waals surface area contributed by atoms with Crippen molar-refractivity contribution in [3.8, 4) is 0 Å². The second-order valence-corrected chi connectivity index (χ2v) is 5.67. The lowest BCUT2D eigenvalue weighted by atomic mass is 10.3. The van der Waals surface area contributed by atoms with Crippen molar-refractivity contribution in [2.75, 3.05) is 29.0 Å². The maximum Gasteiger partial charge on any atom is 0.233 e. The maximum atomic E-state index is 5.97. The number of nitrogens with two attached hydrogens (primary N) is 1. The minimum absolute atomic E-state index is 0.183. The van der Waals surface area contributed by atoms with Crippen LogP contribution in [0, 0.1) is 0 Å². The van der Waals surface area contributed by atoms with Gasteiger partial charge >= 0.3 is 0 Å². The minimum atomic E-state index is 0.183. The number of anilines is 4. The number of hydrogen-bond acceptors (Lipinski definition) is 6. The van der Waals surface area contributed by atoms with E-state index in [1.54, 1.807) is 18.2 Å². The van der Waals surface area contributed by atoms with Gasteiger partial charge in [-0.25, -0.2) is 0 Å². The fourth-order valence-corrected chi connectivity index (χ4v) is 2.78. The van der Waals surface area contributed by atoms with Gasteiger partial charge < -0.3 is 16.0 Å². The highest BCUT2D eigenvalue weighted by molar-refractivity contribution is 6.35. The van der Waals surface area contributed by atoms with Crippen LogP contribution >= 0.6 is 23.2 Å². The van der Waals surface area contributed by atoms with Crippen LogP contribution in [-0.4, -0.2) is 28.0 Å². The molecule has 1 aliphatic heterocycles. The van der Waals surface area contributed by atoms with E-state index in [-0.39, 0.29) is 5.95 Å². The van der Waals surface area contributed by atoms with Gasteiger partial charge in [-0.3, -0.25) is 0 Å². The predicted octanol–water partition coefficient (Wildman–Crippen LogP) is 3.10. The predicted molar refractivity (Wildman–Crippen MR) is 85.4 cm³/mol. The monoisotopic (exact) mass is 324 g/mol. The van der Waals surface area contributed by atoms with Crippen molar-refractivity contribution in [2.24, 2.45) is 0 Å². The SMILES string of the molecule is Nc1nc(Nc2cc(Cl)cc(Cl)c2)nc(N2CCCC2)n1. The standard InChI is InChI=1S/C13H14Cl2N6/c14-8-5-9(15)7-10(6-8)17-12-18-11(16)19-13(20-12)21-3-1-2-4-21/h5-7H,1-4H2,(H3,16,17,18,19,20). The van der Waals surface area contributed by atoms with Crippen LogP contribution in [0.25, 0.3) is 0 Å². The number of nitrogen functional groups attached to an aromatic ring is 1. The third-order valence-electron chi connectivity index (χ3n) is 3.15. The number of halogens is 2. The Kier molecular flexibility index (Phi) is 3.98. The molecule has 1 aromatic heterocycles. The van der Waals surface area contributed by atoms with Gasteiger partial charge in [0.25, 0.3) is 0 Å². The van der Waals surface area contributed by atoms with Gasteiger partial charge in [0.15, 0.2) is 0 Å². The number of benzene rings is 1. The molecule has 2 heterocycles. The molecule has 0 aliphatic carbocycles. The molecule has 6 nitrogen and oxygen atoms in total. The Morgan fingerprint density at radius 1 is 1.00 bits per heavy atom. The average molecular weight is 325 g/mol. The first kappa shape index (κ1) is 14.2. The van der Waals surface area contributed by atoms with Crippen LogP contribution in [0.4, 0.5) is 23.5 Å².